The van der Waals surface area contributed by atoms with Gasteiger partial charge in [-0.25, -0.2) is 0 Å². The first kappa shape index (κ1) is 10.2. The molecule has 0 unspecified atom stereocenters. The summed E-state index contributed by atoms with van der Waals surface area (Å²) in [6.07, 6.45) is 0. The monoisotopic (exact) mass is 224 g/mol. The molecule has 80 valence electrons. The summed E-state index contributed by atoms with van der Waals surface area (Å²) >= 11 is 1.52. The Morgan fingerprint density at radius 2 is 2.07 bits per heavy atom. The third-order valence-corrected chi connectivity index (χ3v) is 2.95. The van der Waals surface area contributed by atoms with E-state index in [1.807, 2.05) is 18.2 Å². The molecule has 1 aliphatic heterocycles. The number of benzene rings is 1. The molecule has 1 heterocycles. The molecular weight excluding hydrogens is 212 g/mol. The van der Waals surface area contributed by atoms with Crippen LogP contribution in [0.1, 0.15) is 0 Å². The number of thioether (sulfide) groups is 1. The number of hydrogen-bond donors (Lipinski definition) is 2. The maximum atomic E-state index is 7.13. The van der Waals surface area contributed by atoms with Crippen molar-refractivity contribution in [2.75, 3.05) is 19.0 Å². The standard InChI is InChI=1S/C10H12N2O2S/c11-10(12)6-15-7-1-2-8-9(5-7)14-4-3-13-8/h1-2,5H,3-4,6H2,(H3,11,12). The summed E-state index contributed by atoms with van der Waals surface area (Å²) in [5, 5.41) is 7.13. The minimum atomic E-state index is 0.176. The maximum Gasteiger partial charge on any atom is 0.162 e. The smallest absolute Gasteiger partial charge is 0.162 e. The molecule has 0 spiro atoms. The van der Waals surface area contributed by atoms with Crippen LogP contribution in [-0.4, -0.2) is 24.8 Å². The first-order valence-electron chi connectivity index (χ1n) is 4.61. The topological polar surface area (TPSA) is 68.3 Å². The van der Waals surface area contributed by atoms with Gasteiger partial charge in [0, 0.05) is 4.90 Å². The molecule has 1 aliphatic rings. The third kappa shape index (κ3) is 2.56. The Balaban J connectivity index is 2.10. The molecule has 1 aromatic carbocycles. The lowest BCUT2D eigenvalue weighted by Gasteiger charge is -2.18. The number of hydrogen-bond acceptors (Lipinski definition) is 4. The molecule has 0 atom stereocenters. The Hall–Kier alpha value is -1.36. The SMILES string of the molecule is N=C(N)CSc1ccc2c(c1)OCCO2. The van der Waals surface area contributed by atoms with Gasteiger partial charge in [-0.15, -0.1) is 11.8 Å². The van der Waals surface area contributed by atoms with Crippen LogP contribution in [0.3, 0.4) is 0 Å². The Labute approximate surface area is 92.3 Å². The van der Waals surface area contributed by atoms with Gasteiger partial charge >= 0.3 is 0 Å². The van der Waals surface area contributed by atoms with Crippen LogP contribution < -0.4 is 15.2 Å². The zero-order chi connectivity index (χ0) is 10.7. The highest BCUT2D eigenvalue weighted by atomic mass is 32.2. The first-order chi connectivity index (χ1) is 7.25. The number of nitrogens with one attached hydrogen (secondary N) is 1. The molecule has 0 aliphatic carbocycles. The Morgan fingerprint density at radius 1 is 1.33 bits per heavy atom. The van der Waals surface area contributed by atoms with Crippen molar-refractivity contribution in [1.29, 1.82) is 5.41 Å². The summed E-state index contributed by atoms with van der Waals surface area (Å²) < 4.78 is 10.9. The van der Waals surface area contributed by atoms with Crippen molar-refractivity contribution >= 4 is 17.6 Å². The number of fused-ring (bicyclic) bond motifs is 1. The normalized spacial score (nSPS) is 13.6. The van der Waals surface area contributed by atoms with Gasteiger partial charge in [-0.1, -0.05) is 0 Å². The lowest BCUT2D eigenvalue weighted by molar-refractivity contribution is 0.171. The molecule has 15 heavy (non-hydrogen) atoms. The predicted octanol–water partition coefficient (Wildman–Crippen LogP) is 1.49. The summed E-state index contributed by atoms with van der Waals surface area (Å²) in [6, 6.07) is 5.75. The zero-order valence-electron chi connectivity index (χ0n) is 8.16. The van der Waals surface area contributed by atoms with Gasteiger partial charge in [0.2, 0.25) is 0 Å². The number of ether oxygens (including phenoxy) is 2. The Kier molecular flexibility index (Phi) is 3.01. The van der Waals surface area contributed by atoms with Crippen LogP contribution in [0.4, 0.5) is 0 Å². The van der Waals surface area contributed by atoms with E-state index >= 15 is 0 Å². The van der Waals surface area contributed by atoms with Crippen molar-refractivity contribution < 1.29 is 9.47 Å². The van der Waals surface area contributed by atoms with Gasteiger partial charge in [0.15, 0.2) is 11.5 Å². The lowest BCUT2D eigenvalue weighted by Crippen LogP contribution is -2.15. The largest absolute Gasteiger partial charge is 0.486 e. The second-order valence-electron chi connectivity index (χ2n) is 3.12. The van der Waals surface area contributed by atoms with Gasteiger partial charge in [-0.2, -0.15) is 0 Å². The maximum absolute atomic E-state index is 7.13. The van der Waals surface area contributed by atoms with Crippen molar-refractivity contribution in [1.82, 2.24) is 0 Å². The van der Waals surface area contributed by atoms with E-state index in [0.29, 0.717) is 19.0 Å². The van der Waals surface area contributed by atoms with E-state index in [9.17, 15) is 0 Å². The fourth-order valence-electron chi connectivity index (χ4n) is 1.27. The minimum Gasteiger partial charge on any atom is -0.486 e. The zero-order valence-corrected chi connectivity index (χ0v) is 8.97. The second-order valence-corrected chi connectivity index (χ2v) is 4.17. The molecule has 2 rings (SSSR count). The fraction of sp³-hybridized carbons (Fsp3) is 0.300. The average Bonchev–Trinajstić information content (AvgIpc) is 2.26. The molecule has 0 fully saturated rings. The third-order valence-electron chi connectivity index (χ3n) is 1.91. The van der Waals surface area contributed by atoms with E-state index in [1.165, 1.54) is 11.8 Å². The second kappa shape index (κ2) is 4.44. The van der Waals surface area contributed by atoms with Crippen molar-refractivity contribution in [3.8, 4) is 11.5 Å². The van der Waals surface area contributed by atoms with Crippen LogP contribution in [0.15, 0.2) is 23.1 Å². The quantitative estimate of drug-likeness (QED) is 0.463. The van der Waals surface area contributed by atoms with Gasteiger partial charge in [0.25, 0.3) is 0 Å². The summed E-state index contributed by atoms with van der Waals surface area (Å²) in [5.41, 5.74) is 5.28. The van der Waals surface area contributed by atoms with Crippen molar-refractivity contribution in [3.63, 3.8) is 0 Å². The fourth-order valence-corrected chi connectivity index (χ4v) is 1.95. The summed E-state index contributed by atoms with van der Waals surface area (Å²) in [6.45, 7) is 1.20. The molecule has 0 radical (unpaired) electrons. The van der Waals surface area contributed by atoms with Gasteiger partial charge in [-0.3, -0.25) is 5.41 Å². The van der Waals surface area contributed by atoms with Crippen LogP contribution in [-0.2, 0) is 0 Å². The van der Waals surface area contributed by atoms with Gasteiger partial charge in [-0.05, 0) is 18.2 Å². The van der Waals surface area contributed by atoms with Crippen LogP contribution in [0.5, 0.6) is 11.5 Å². The highest BCUT2D eigenvalue weighted by molar-refractivity contribution is 8.00. The first-order valence-corrected chi connectivity index (χ1v) is 5.59. The van der Waals surface area contributed by atoms with E-state index in [4.69, 9.17) is 20.6 Å². The average molecular weight is 224 g/mol. The van der Waals surface area contributed by atoms with E-state index in [0.717, 1.165) is 16.4 Å². The van der Waals surface area contributed by atoms with Gasteiger partial charge in [0.1, 0.15) is 19.0 Å². The lowest BCUT2D eigenvalue weighted by atomic mass is 10.3. The van der Waals surface area contributed by atoms with Crippen LogP contribution in [0.2, 0.25) is 0 Å². The van der Waals surface area contributed by atoms with Crippen LogP contribution >= 0.6 is 11.8 Å². The van der Waals surface area contributed by atoms with Crippen molar-refractivity contribution in [3.05, 3.63) is 18.2 Å². The Morgan fingerprint density at radius 3 is 2.80 bits per heavy atom. The van der Waals surface area contributed by atoms with Crippen molar-refractivity contribution in [2.45, 2.75) is 4.90 Å². The molecular formula is C10H12N2O2S. The van der Waals surface area contributed by atoms with Crippen molar-refractivity contribution in [2.24, 2.45) is 5.73 Å². The molecule has 0 amide bonds. The van der Waals surface area contributed by atoms with Crippen LogP contribution in [0, 0.1) is 5.41 Å². The predicted molar refractivity (Wildman–Crippen MR) is 60.1 cm³/mol. The molecule has 0 saturated carbocycles. The summed E-state index contributed by atoms with van der Waals surface area (Å²) in [4.78, 5) is 1.04. The molecule has 5 heteroatoms. The Bertz CT molecular complexity index is 382. The molecule has 3 N–H and O–H groups in total. The molecule has 0 aromatic heterocycles. The van der Waals surface area contributed by atoms with Gasteiger partial charge in [0.05, 0.1) is 5.75 Å². The number of rotatable bonds is 3. The van der Waals surface area contributed by atoms with E-state index < -0.39 is 0 Å². The number of nitrogens with two attached hydrogens (primary N) is 1. The highest BCUT2D eigenvalue weighted by Crippen LogP contribution is 2.33. The minimum absolute atomic E-state index is 0.176. The van der Waals surface area contributed by atoms with E-state index in [-0.39, 0.29) is 5.84 Å². The molecule has 1 aromatic rings. The van der Waals surface area contributed by atoms with Gasteiger partial charge < -0.3 is 15.2 Å². The van der Waals surface area contributed by atoms with E-state index in [1.54, 1.807) is 0 Å². The van der Waals surface area contributed by atoms with E-state index in [2.05, 4.69) is 0 Å². The molecule has 4 nitrogen and oxygen atoms in total. The molecule has 0 saturated heterocycles. The number of amidine groups is 1. The highest BCUT2D eigenvalue weighted by Gasteiger charge is 2.11. The molecule has 0 bridgehead atoms. The summed E-state index contributed by atoms with van der Waals surface area (Å²) in [7, 11) is 0. The van der Waals surface area contributed by atoms with Crippen LogP contribution in [0.25, 0.3) is 0 Å². The summed E-state index contributed by atoms with van der Waals surface area (Å²) in [5.74, 6) is 2.23.